The lowest BCUT2D eigenvalue weighted by atomic mass is 10.1. The Labute approximate surface area is 190 Å². The number of carbonyl (C=O) groups is 1. The van der Waals surface area contributed by atoms with Crippen LogP contribution in [0.3, 0.4) is 0 Å². The Morgan fingerprint density at radius 1 is 1.22 bits per heavy atom. The van der Waals surface area contributed by atoms with Crippen molar-refractivity contribution in [1.29, 1.82) is 5.41 Å². The maximum absolute atomic E-state index is 12.3. The summed E-state index contributed by atoms with van der Waals surface area (Å²) < 4.78 is 7.08. The van der Waals surface area contributed by atoms with Crippen LogP contribution in [-0.4, -0.2) is 36.4 Å². The van der Waals surface area contributed by atoms with Crippen LogP contribution >= 0.6 is 23.1 Å². The second-order valence-corrected chi connectivity index (χ2v) is 8.78. The first-order valence-corrected chi connectivity index (χ1v) is 11.4. The molecule has 2 aliphatic rings. The van der Waals surface area contributed by atoms with Crippen LogP contribution in [0.2, 0.25) is 0 Å². The van der Waals surface area contributed by atoms with Crippen molar-refractivity contribution in [2.24, 2.45) is 4.99 Å². The molecule has 5 rings (SSSR count). The van der Waals surface area contributed by atoms with Crippen molar-refractivity contribution in [3.05, 3.63) is 74.1 Å². The maximum Gasteiger partial charge on any atom is 0.283 e. The number of benzene rings is 1. The molecule has 0 unspecified atom stereocenters. The van der Waals surface area contributed by atoms with Crippen LogP contribution in [0, 0.1) is 5.41 Å². The number of aromatic nitrogens is 3. The van der Waals surface area contributed by atoms with Gasteiger partial charge in [0.15, 0.2) is 5.17 Å². The van der Waals surface area contributed by atoms with E-state index in [-0.39, 0.29) is 23.6 Å². The molecule has 0 atom stereocenters. The lowest BCUT2D eigenvalue weighted by molar-refractivity contribution is -0.114. The van der Waals surface area contributed by atoms with E-state index in [2.05, 4.69) is 15.1 Å². The minimum Gasteiger partial charge on any atom is -0.487 e. The van der Waals surface area contributed by atoms with Crippen LogP contribution in [0.25, 0.3) is 11.0 Å². The SMILES string of the molecule is CCc1nn2c(=O)cc(COc3ccc(/C=C4/C(=N)N5C=CSC5=NC4=O)cc3)nc2s1. The first kappa shape index (κ1) is 20.3. The van der Waals surface area contributed by atoms with Gasteiger partial charge in [-0.2, -0.15) is 14.6 Å². The number of nitrogens with zero attached hydrogens (tertiary/aromatic N) is 5. The first-order valence-electron chi connectivity index (χ1n) is 9.69. The van der Waals surface area contributed by atoms with Gasteiger partial charge >= 0.3 is 0 Å². The van der Waals surface area contributed by atoms with Crippen LogP contribution in [0.4, 0.5) is 0 Å². The smallest absolute Gasteiger partial charge is 0.283 e. The molecule has 0 radical (unpaired) electrons. The third-order valence-electron chi connectivity index (χ3n) is 4.73. The Bertz CT molecular complexity index is 1400. The highest BCUT2D eigenvalue weighted by atomic mass is 32.2. The molecule has 9 nitrogen and oxygen atoms in total. The van der Waals surface area contributed by atoms with Crippen molar-refractivity contribution in [2.45, 2.75) is 20.0 Å². The van der Waals surface area contributed by atoms with Crippen LogP contribution < -0.4 is 10.3 Å². The number of amides is 1. The van der Waals surface area contributed by atoms with Gasteiger partial charge in [-0.1, -0.05) is 42.2 Å². The fraction of sp³-hybridized carbons (Fsp3) is 0.143. The van der Waals surface area contributed by atoms with E-state index in [1.165, 1.54) is 33.7 Å². The van der Waals surface area contributed by atoms with E-state index in [0.717, 1.165) is 17.0 Å². The molecule has 160 valence electrons. The molecule has 0 spiro atoms. The summed E-state index contributed by atoms with van der Waals surface area (Å²) in [5.41, 5.74) is 1.26. The van der Waals surface area contributed by atoms with Gasteiger partial charge in [0.1, 0.15) is 23.2 Å². The highest BCUT2D eigenvalue weighted by Crippen LogP contribution is 2.27. The quantitative estimate of drug-likeness (QED) is 0.577. The standard InChI is InChI=1S/C21H16N6O3S2/c1-2-16-25-27-17(28)10-13(23-21(27)32-16)11-30-14-5-3-12(4-6-14)9-15-18(22)26-7-8-31-20(26)24-19(15)29/h3-10,22H,2,11H2,1H3/b15-9-,22-18?. The maximum atomic E-state index is 12.3. The zero-order valence-corrected chi connectivity index (χ0v) is 18.4. The van der Waals surface area contributed by atoms with Crippen molar-refractivity contribution in [3.8, 4) is 5.75 Å². The molecule has 32 heavy (non-hydrogen) atoms. The molecule has 0 aliphatic carbocycles. The number of carbonyl (C=O) groups excluding carboxylic acids is 1. The summed E-state index contributed by atoms with van der Waals surface area (Å²) in [6.45, 7) is 2.12. The van der Waals surface area contributed by atoms with Gasteiger partial charge in [-0.15, -0.1) is 0 Å². The molecule has 2 aliphatic heterocycles. The Kier molecular flexibility index (Phi) is 5.19. The van der Waals surface area contributed by atoms with Crippen molar-refractivity contribution < 1.29 is 9.53 Å². The molecule has 0 saturated heterocycles. The average Bonchev–Trinajstić information content (AvgIpc) is 3.43. The average molecular weight is 465 g/mol. The summed E-state index contributed by atoms with van der Waals surface area (Å²) in [6, 6.07) is 8.52. The minimum absolute atomic E-state index is 0.101. The van der Waals surface area contributed by atoms with Crippen molar-refractivity contribution in [2.75, 3.05) is 0 Å². The molecule has 0 saturated carbocycles. The number of thioether (sulfide) groups is 1. The van der Waals surface area contributed by atoms with Crippen LogP contribution in [0.1, 0.15) is 23.2 Å². The van der Waals surface area contributed by atoms with Crippen LogP contribution in [0.5, 0.6) is 5.75 Å². The summed E-state index contributed by atoms with van der Waals surface area (Å²) in [7, 11) is 0. The molecule has 0 fully saturated rings. The number of fused-ring (bicyclic) bond motifs is 2. The number of hydrogen-bond donors (Lipinski definition) is 1. The summed E-state index contributed by atoms with van der Waals surface area (Å²) in [6.07, 6.45) is 4.10. The minimum atomic E-state index is -0.431. The number of ether oxygens (including phenoxy) is 1. The molecule has 1 amide bonds. The molecular formula is C21H16N6O3S2. The van der Waals surface area contributed by atoms with Gasteiger partial charge < -0.3 is 4.74 Å². The first-order chi connectivity index (χ1) is 15.5. The van der Waals surface area contributed by atoms with Crippen molar-refractivity contribution >= 4 is 51.0 Å². The van der Waals surface area contributed by atoms with E-state index in [1.54, 1.807) is 46.8 Å². The molecule has 1 aromatic carbocycles. The normalized spacial score (nSPS) is 16.7. The third-order valence-corrected chi connectivity index (χ3v) is 6.54. The monoisotopic (exact) mass is 464 g/mol. The van der Waals surface area contributed by atoms with Gasteiger partial charge in [-0.3, -0.25) is 19.9 Å². The molecule has 3 aromatic rings. The summed E-state index contributed by atoms with van der Waals surface area (Å²) in [5, 5.41) is 15.6. The molecule has 1 N–H and O–H groups in total. The number of amidine groups is 2. The lowest BCUT2D eigenvalue weighted by Crippen LogP contribution is -2.35. The molecule has 4 heterocycles. The molecule has 11 heteroatoms. The number of rotatable bonds is 5. The largest absolute Gasteiger partial charge is 0.487 e. The Balaban J connectivity index is 1.30. The molecular weight excluding hydrogens is 448 g/mol. The highest BCUT2D eigenvalue weighted by Gasteiger charge is 2.30. The van der Waals surface area contributed by atoms with Gasteiger partial charge in [-0.25, -0.2) is 4.98 Å². The third kappa shape index (κ3) is 3.76. The molecule has 2 aromatic heterocycles. The van der Waals surface area contributed by atoms with E-state index >= 15 is 0 Å². The predicted octanol–water partition coefficient (Wildman–Crippen LogP) is 3.07. The van der Waals surface area contributed by atoms with Gasteiger partial charge in [0.2, 0.25) is 4.96 Å². The van der Waals surface area contributed by atoms with E-state index in [9.17, 15) is 9.59 Å². The van der Waals surface area contributed by atoms with Crippen LogP contribution in [0.15, 0.2) is 57.3 Å². The van der Waals surface area contributed by atoms with Crippen molar-refractivity contribution in [1.82, 2.24) is 19.5 Å². The van der Waals surface area contributed by atoms with Gasteiger partial charge in [0, 0.05) is 12.3 Å². The van der Waals surface area contributed by atoms with Gasteiger partial charge in [-0.05, 0) is 35.6 Å². The second-order valence-electron chi connectivity index (χ2n) is 6.87. The fourth-order valence-electron chi connectivity index (χ4n) is 3.13. The van der Waals surface area contributed by atoms with Crippen molar-refractivity contribution in [3.63, 3.8) is 0 Å². The topological polar surface area (TPSA) is 113 Å². The Hall–Kier alpha value is -3.57. The number of nitrogens with one attached hydrogen (secondary N) is 1. The molecule has 0 bridgehead atoms. The second kappa shape index (κ2) is 8.17. The number of aliphatic imine (C=N–C) groups is 1. The highest BCUT2D eigenvalue weighted by molar-refractivity contribution is 8.16. The van der Waals surface area contributed by atoms with E-state index in [4.69, 9.17) is 10.1 Å². The predicted molar refractivity (Wildman–Crippen MR) is 124 cm³/mol. The zero-order chi connectivity index (χ0) is 22.2. The number of hydrogen-bond acceptors (Lipinski definition) is 8. The summed E-state index contributed by atoms with van der Waals surface area (Å²) in [4.78, 5) is 35.1. The van der Waals surface area contributed by atoms with Crippen LogP contribution in [-0.2, 0) is 17.8 Å². The number of aryl methyl sites for hydroxylation is 1. The summed E-state index contributed by atoms with van der Waals surface area (Å²) >= 11 is 2.70. The zero-order valence-electron chi connectivity index (χ0n) is 16.8. The van der Waals surface area contributed by atoms with E-state index in [0.29, 0.717) is 21.6 Å². The summed E-state index contributed by atoms with van der Waals surface area (Å²) in [5.74, 6) is 0.264. The fourth-order valence-corrected chi connectivity index (χ4v) is 4.69. The van der Waals surface area contributed by atoms with E-state index in [1.807, 2.05) is 6.92 Å². The van der Waals surface area contributed by atoms with Gasteiger partial charge in [0.05, 0.1) is 11.3 Å². The lowest BCUT2D eigenvalue weighted by Gasteiger charge is -2.22. The Morgan fingerprint density at radius 3 is 2.81 bits per heavy atom. The van der Waals surface area contributed by atoms with Gasteiger partial charge in [0.25, 0.3) is 11.5 Å². The van der Waals surface area contributed by atoms with E-state index < -0.39 is 5.91 Å². The Morgan fingerprint density at radius 2 is 2.03 bits per heavy atom.